The van der Waals surface area contributed by atoms with E-state index in [1.807, 2.05) is 36.4 Å². The zero-order valence-electron chi connectivity index (χ0n) is 23.7. The van der Waals surface area contributed by atoms with Crippen LogP contribution in [0.5, 0.6) is 5.75 Å². The number of allylic oxidation sites excluding steroid dienone is 1. The van der Waals surface area contributed by atoms with Gasteiger partial charge in [0.25, 0.3) is 5.91 Å². The van der Waals surface area contributed by atoms with Crippen molar-refractivity contribution < 1.29 is 9.53 Å². The Kier molecular flexibility index (Phi) is 16.7. The molecule has 2 aromatic rings. The Morgan fingerprint density at radius 2 is 1.59 bits per heavy atom. The van der Waals surface area contributed by atoms with Crippen molar-refractivity contribution in [3.8, 4) is 5.75 Å². The Bertz CT molecular complexity index is 1030. The molecule has 0 radical (unpaired) electrons. The van der Waals surface area contributed by atoms with E-state index in [0.717, 1.165) is 17.9 Å². The first-order chi connectivity index (χ1) is 18.6. The van der Waals surface area contributed by atoms with Gasteiger partial charge in [0, 0.05) is 23.5 Å². The van der Waals surface area contributed by atoms with Crippen molar-refractivity contribution in [2.75, 3.05) is 17.8 Å². The highest BCUT2D eigenvalue weighted by Gasteiger charge is 2.17. The van der Waals surface area contributed by atoms with Crippen LogP contribution in [-0.2, 0) is 6.54 Å². The largest absolute Gasteiger partial charge is 0.492 e. The second-order valence-corrected chi connectivity index (χ2v) is 11.5. The van der Waals surface area contributed by atoms with Crippen molar-refractivity contribution in [1.29, 1.82) is 0 Å². The highest BCUT2D eigenvalue weighted by atomic mass is 79.9. The number of nitrogens with one attached hydrogen (secondary N) is 1. The summed E-state index contributed by atoms with van der Waals surface area (Å²) in [4.78, 5) is 15.3. The molecule has 1 N–H and O–H groups in total. The first-order valence-corrected chi connectivity index (χ1v) is 15.9. The van der Waals surface area contributed by atoms with E-state index in [1.165, 1.54) is 76.3 Å². The van der Waals surface area contributed by atoms with Crippen LogP contribution in [0.4, 0.5) is 5.69 Å². The van der Waals surface area contributed by atoms with Gasteiger partial charge in [0.1, 0.15) is 5.75 Å². The molecule has 0 saturated heterocycles. The number of amides is 1. The number of unbranched alkanes of at least 4 members (excludes halogenated alkanes) is 11. The summed E-state index contributed by atoms with van der Waals surface area (Å²) in [6.45, 7) is 5.75. The number of hydrogen-bond acceptors (Lipinski definition) is 4. The van der Waals surface area contributed by atoms with Crippen molar-refractivity contribution >= 4 is 51.9 Å². The fourth-order valence-corrected chi connectivity index (χ4v) is 5.87. The van der Waals surface area contributed by atoms with Gasteiger partial charge in [-0.3, -0.25) is 4.79 Å². The van der Waals surface area contributed by atoms with Gasteiger partial charge in [-0.1, -0.05) is 107 Å². The minimum atomic E-state index is -0.129. The molecule has 0 aromatic heterocycles. The molecule has 0 atom stereocenters. The molecule has 39 heavy (non-hydrogen) atoms. The van der Waals surface area contributed by atoms with Crippen molar-refractivity contribution in [1.82, 2.24) is 4.90 Å². The number of carbonyl (C=O) groups excluding carboxylic acids is 1. The van der Waals surface area contributed by atoms with Gasteiger partial charge in [0.2, 0.25) is 0 Å². The summed E-state index contributed by atoms with van der Waals surface area (Å²) in [5.74, 6) is 1.45. The van der Waals surface area contributed by atoms with Crippen LogP contribution in [0.15, 0.2) is 53.6 Å². The summed E-state index contributed by atoms with van der Waals surface area (Å²) < 4.78 is 5.92. The third-order valence-electron chi connectivity index (χ3n) is 7.05. The molecule has 216 valence electrons. The molecular weight excluding hydrogens is 592 g/mol. The second kappa shape index (κ2) is 19.4. The first-order valence-electron chi connectivity index (χ1n) is 14.4. The van der Waals surface area contributed by atoms with E-state index < -0.39 is 0 Å². The number of hydrogen-bond donors (Lipinski definition) is 1. The summed E-state index contributed by atoms with van der Waals surface area (Å²) in [7, 11) is 0. The predicted octanol–water partition coefficient (Wildman–Crippen LogP) is 10.6. The number of halogens is 2. The van der Waals surface area contributed by atoms with Gasteiger partial charge >= 0.3 is 0 Å². The Morgan fingerprint density at radius 3 is 2.21 bits per heavy atom. The Balaban J connectivity index is 0.00000533. The van der Waals surface area contributed by atoms with Crippen LogP contribution in [0.3, 0.4) is 0 Å². The third kappa shape index (κ3) is 12.2. The number of nitrogens with zero attached hydrogens (tertiary/aromatic N) is 1. The third-order valence-corrected chi connectivity index (χ3v) is 8.32. The average molecular weight is 638 g/mol. The van der Waals surface area contributed by atoms with E-state index in [1.54, 1.807) is 17.8 Å². The van der Waals surface area contributed by atoms with Crippen molar-refractivity contribution in [2.45, 2.75) is 97.4 Å². The standard InChI is InChI=1S/C32H45ClN2O2S.BrH/c1-3-4-5-6-7-8-9-10-11-12-13-16-21-37-31-20-19-28(22-30(31)33)34-32(36)29-18-15-14-17-27(29)23-35-25-38-24-26(35)2;/h14-15,17-20,22,24H,3-13,16,21,23,25H2,1-2H3,(H,34,36);1H. The number of thioether (sulfide) groups is 1. The number of carbonyl (C=O) groups is 1. The van der Waals surface area contributed by atoms with Crippen LogP contribution in [0.2, 0.25) is 5.02 Å². The normalized spacial score (nSPS) is 12.7. The molecule has 0 saturated carbocycles. The lowest BCUT2D eigenvalue weighted by atomic mass is 10.1. The van der Waals surface area contributed by atoms with Gasteiger partial charge in [-0.05, 0) is 48.6 Å². The zero-order valence-corrected chi connectivity index (χ0v) is 27.0. The molecule has 1 aliphatic rings. The summed E-state index contributed by atoms with van der Waals surface area (Å²) >= 11 is 8.26. The zero-order chi connectivity index (χ0) is 27.0. The molecule has 0 spiro atoms. The van der Waals surface area contributed by atoms with Crippen LogP contribution < -0.4 is 10.1 Å². The number of ether oxygens (including phenoxy) is 1. The highest BCUT2D eigenvalue weighted by molar-refractivity contribution is 8.93. The maximum absolute atomic E-state index is 13.1. The van der Waals surface area contributed by atoms with Gasteiger partial charge < -0.3 is 15.0 Å². The Hall–Kier alpha value is -1.63. The summed E-state index contributed by atoms with van der Waals surface area (Å²) in [5.41, 5.74) is 3.59. The summed E-state index contributed by atoms with van der Waals surface area (Å²) in [6.07, 6.45) is 15.9. The maximum Gasteiger partial charge on any atom is 0.256 e. The molecule has 0 fully saturated rings. The smallest absolute Gasteiger partial charge is 0.256 e. The molecule has 3 rings (SSSR count). The topological polar surface area (TPSA) is 41.6 Å². The molecule has 0 aliphatic carbocycles. The molecular formula is C32H46BrClN2O2S. The van der Waals surface area contributed by atoms with Gasteiger partial charge in [-0.15, -0.1) is 28.7 Å². The van der Waals surface area contributed by atoms with E-state index in [2.05, 4.69) is 29.5 Å². The molecule has 2 aromatic carbocycles. The summed E-state index contributed by atoms with van der Waals surface area (Å²) in [6, 6.07) is 13.2. The van der Waals surface area contributed by atoms with E-state index in [-0.39, 0.29) is 22.9 Å². The van der Waals surface area contributed by atoms with Crippen molar-refractivity contribution in [2.24, 2.45) is 0 Å². The molecule has 1 amide bonds. The first kappa shape index (κ1) is 33.6. The van der Waals surface area contributed by atoms with Crippen LogP contribution in [0.1, 0.15) is 107 Å². The average Bonchev–Trinajstić information content (AvgIpc) is 3.32. The molecule has 0 unspecified atom stereocenters. The van der Waals surface area contributed by atoms with Crippen LogP contribution >= 0.6 is 40.3 Å². The lowest BCUT2D eigenvalue weighted by Crippen LogP contribution is -2.21. The SMILES string of the molecule is Br.CCCCCCCCCCCCCCOc1ccc(NC(=O)c2ccccc2CN2CSC=C2C)cc1Cl. The Labute approximate surface area is 256 Å². The van der Waals surface area contributed by atoms with Crippen molar-refractivity contribution in [3.05, 3.63) is 69.7 Å². The van der Waals surface area contributed by atoms with Crippen molar-refractivity contribution in [3.63, 3.8) is 0 Å². The van der Waals surface area contributed by atoms with Crippen LogP contribution in [0.25, 0.3) is 0 Å². The van der Waals surface area contributed by atoms with Crippen LogP contribution in [-0.4, -0.2) is 23.3 Å². The molecule has 1 aliphatic heterocycles. The minimum Gasteiger partial charge on any atom is -0.492 e. The fourth-order valence-electron chi connectivity index (χ4n) is 4.70. The molecule has 4 nitrogen and oxygen atoms in total. The number of anilines is 1. The van der Waals surface area contributed by atoms with E-state index >= 15 is 0 Å². The molecule has 0 bridgehead atoms. The van der Waals surface area contributed by atoms with E-state index in [9.17, 15) is 4.79 Å². The lowest BCUT2D eigenvalue weighted by Gasteiger charge is -2.21. The number of rotatable bonds is 18. The second-order valence-electron chi connectivity index (χ2n) is 10.2. The molecule has 1 heterocycles. The Morgan fingerprint density at radius 1 is 0.949 bits per heavy atom. The monoisotopic (exact) mass is 636 g/mol. The predicted molar refractivity (Wildman–Crippen MR) is 175 cm³/mol. The number of benzene rings is 2. The van der Waals surface area contributed by atoms with E-state index in [0.29, 0.717) is 35.2 Å². The minimum absolute atomic E-state index is 0. The van der Waals surface area contributed by atoms with Crippen LogP contribution in [0, 0.1) is 0 Å². The fraction of sp³-hybridized carbons (Fsp3) is 0.531. The maximum atomic E-state index is 13.1. The summed E-state index contributed by atoms with van der Waals surface area (Å²) in [5, 5.41) is 5.68. The quantitative estimate of drug-likeness (QED) is 0.165. The van der Waals surface area contributed by atoms with Gasteiger partial charge in [0.05, 0.1) is 17.5 Å². The lowest BCUT2D eigenvalue weighted by molar-refractivity contribution is 0.102. The van der Waals surface area contributed by atoms with E-state index in [4.69, 9.17) is 16.3 Å². The van der Waals surface area contributed by atoms with Gasteiger partial charge in [-0.25, -0.2) is 0 Å². The highest BCUT2D eigenvalue weighted by Crippen LogP contribution is 2.29. The molecule has 7 heteroatoms. The van der Waals surface area contributed by atoms with Gasteiger partial charge in [-0.2, -0.15) is 0 Å². The van der Waals surface area contributed by atoms with Gasteiger partial charge in [0.15, 0.2) is 0 Å².